The van der Waals surface area contributed by atoms with Crippen molar-refractivity contribution in [3.8, 4) is 5.88 Å². The fourth-order valence-electron chi connectivity index (χ4n) is 1.93. The topological polar surface area (TPSA) is 47.0 Å². The predicted octanol–water partition coefficient (Wildman–Crippen LogP) is 2.88. The van der Waals surface area contributed by atoms with E-state index < -0.39 is 0 Å². The zero-order valence-corrected chi connectivity index (χ0v) is 12.1. The standard InChI is InChI=1S/C13H21N3OS/c1-9(2)17-12-8-10(3)14-13(16-12)15-11-4-6-18-7-5-11/h8-9,11H,4-7H2,1-3H3,(H,14,15,16). The summed E-state index contributed by atoms with van der Waals surface area (Å²) in [4.78, 5) is 8.84. The Labute approximate surface area is 113 Å². The summed E-state index contributed by atoms with van der Waals surface area (Å²) in [5.41, 5.74) is 0.938. The van der Waals surface area contributed by atoms with Gasteiger partial charge in [-0.05, 0) is 45.1 Å². The fraction of sp³-hybridized carbons (Fsp3) is 0.692. The number of nitrogens with zero attached hydrogens (tertiary/aromatic N) is 2. The van der Waals surface area contributed by atoms with E-state index in [-0.39, 0.29) is 6.10 Å². The molecule has 0 saturated carbocycles. The maximum Gasteiger partial charge on any atom is 0.226 e. The van der Waals surface area contributed by atoms with Crippen molar-refractivity contribution in [2.75, 3.05) is 16.8 Å². The van der Waals surface area contributed by atoms with Crippen molar-refractivity contribution in [1.29, 1.82) is 0 Å². The summed E-state index contributed by atoms with van der Waals surface area (Å²) in [6.45, 7) is 5.97. The second-order valence-corrected chi connectivity index (χ2v) is 6.09. The summed E-state index contributed by atoms with van der Waals surface area (Å²) in [7, 11) is 0. The number of aryl methyl sites for hydroxylation is 1. The zero-order valence-electron chi connectivity index (χ0n) is 11.3. The molecule has 0 aromatic carbocycles. The Balaban J connectivity index is 2.04. The van der Waals surface area contributed by atoms with E-state index in [0.717, 1.165) is 5.69 Å². The molecule has 5 heteroatoms. The first-order valence-corrected chi connectivity index (χ1v) is 7.65. The first-order chi connectivity index (χ1) is 8.63. The molecule has 1 aromatic rings. The third-order valence-corrected chi connectivity index (χ3v) is 3.79. The third-order valence-electron chi connectivity index (χ3n) is 2.74. The highest BCUT2D eigenvalue weighted by Gasteiger charge is 2.15. The number of nitrogens with one attached hydrogen (secondary N) is 1. The summed E-state index contributed by atoms with van der Waals surface area (Å²) < 4.78 is 5.63. The van der Waals surface area contributed by atoms with Crippen molar-refractivity contribution in [3.63, 3.8) is 0 Å². The van der Waals surface area contributed by atoms with Crippen LogP contribution in [0.25, 0.3) is 0 Å². The molecule has 0 amide bonds. The smallest absolute Gasteiger partial charge is 0.226 e. The van der Waals surface area contributed by atoms with Crippen LogP contribution < -0.4 is 10.1 Å². The lowest BCUT2D eigenvalue weighted by molar-refractivity contribution is 0.232. The highest BCUT2D eigenvalue weighted by atomic mass is 32.2. The molecule has 2 rings (SSSR count). The van der Waals surface area contributed by atoms with Gasteiger partial charge in [0.1, 0.15) is 0 Å². The Bertz CT molecular complexity index is 392. The number of hydrogen-bond acceptors (Lipinski definition) is 5. The van der Waals surface area contributed by atoms with Crippen LogP contribution in [0, 0.1) is 6.92 Å². The summed E-state index contributed by atoms with van der Waals surface area (Å²) in [5.74, 6) is 3.80. The van der Waals surface area contributed by atoms with Crippen molar-refractivity contribution in [1.82, 2.24) is 9.97 Å². The van der Waals surface area contributed by atoms with E-state index in [4.69, 9.17) is 4.74 Å². The van der Waals surface area contributed by atoms with Gasteiger partial charge >= 0.3 is 0 Å². The number of hydrogen-bond donors (Lipinski definition) is 1. The van der Waals surface area contributed by atoms with E-state index in [2.05, 4.69) is 15.3 Å². The Morgan fingerprint density at radius 2 is 2.06 bits per heavy atom. The molecule has 0 radical (unpaired) electrons. The average Bonchev–Trinajstić information content (AvgIpc) is 2.28. The first-order valence-electron chi connectivity index (χ1n) is 6.50. The van der Waals surface area contributed by atoms with Crippen LogP contribution in [0.3, 0.4) is 0 Å². The normalized spacial score (nSPS) is 16.9. The van der Waals surface area contributed by atoms with E-state index in [0.29, 0.717) is 17.9 Å². The number of aromatic nitrogens is 2. The summed E-state index contributed by atoms with van der Waals surface area (Å²) in [5, 5.41) is 3.42. The molecule has 0 atom stereocenters. The maximum atomic E-state index is 5.63. The Hall–Kier alpha value is -0.970. The molecule has 1 aliphatic rings. The van der Waals surface area contributed by atoms with Crippen LogP contribution in [0.5, 0.6) is 5.88 Å². The van der Waals surface area contributed by atoms with Gasteiger partial charge in [0.15, 0.2) is 0 Å². The van der Waals surface area contributed by atoms with Crippen LogP contribution in [0.2, 0.25) is 0 Å². The lowest BCUT2D eigenvalue weighted by atomic mass is 10.2. The molecule has 0 unspecified atom stereocenters. The molecular weight excluding hydrogens is 246 g/mol. The Morgan fingerprint density at radius 3 is 2.72 bits per heavy atom. The molecule has 100 valence electrons. The van der Waals surface area contributed by atoms with Gasteiger partial charge in [0.05, 0.1) is 6.10 Å². The SMILES string of the molecule is Cc1cc(OC(C)C)nc(NC2CCSCC2)n1. The molecule has 2 heterocycles. The second-order valence-electron chi connectivity index (χ2n) is 4.87. The second kappa shape index (κ2) is 6.27. The molecule has 1 aromatic heterocycles. The summed E-state index contributed by atoms with van der Waals surface area (Å²) in [6.07, 6.45) is 2.50. The molecule has 0 bridgehead atoms. The quantitative estimate of drug-likeness (QED) is 0.909. The van der Waals surface area contributed by atoms with Gasteiger partial charge < -0.3 is 10.1 Å². The van der Waals surface area contributed by atoms with Crippen LogP contribution in [0.1, 0.15) is 32.4 Å². The van der Waals surface area contributed by atoms with Gasteiger partial charge in [-0.15, -0.1) is 0 Å². The minimum Gasteiger partial charge on any atom is -0.475 e. The van der Waals surface area contributed by atoms with Crippen LogP contribution in [-0.2, 0) is 0 Å². The van der Waals surface area contributed by atoms with Gasteiger partial charge in [-0.3, -0.25) is 0 Å². The molecule has 0 spiro atoms. The van der Waals surface area contributed by atoms with Gasteiger partial charge in [-0.2, -0.15) is 16.7 Å². The largest absolute Gasteiger partial charge is 0.475 e. The molecule has 1 aliphatic heterocycles. The van der Waals surface area contributed by atoms with Crippen molar-refractivity contribution >= 4 is 17.7 Å². The molecular formula is C13H21N3OS. The Morgan fingerprint density at radius 1 is 1.33 bits per heavy atom. The first kappa shape index (κ1) is 13.5. The molecule has 4 nitrogen and oxygen atoms in total. The van der Waals surface area contributed by atoms with Crippen molar-refractivity contribution in [2.45, 2.75) is 45.8 Å². The van der Waals surface area contributed by atoms with Gasteiger partial charge in [0, 0.05) is 17.8 Å². The van der Waals surface area contributed by atoms with Crippen LogP contribution >= 0.6 is 11.8 Å². The molecule has 1 saturated heterocycles. The van der Waals surface area contributed by atoms with E-state index >= 15 is 0 Å². The molecule has 0 aliphatic carbocycles. The van der Waals surface area contributed by atoms with E-state index in [1.165, 1.54) is 24.3 Å². The average molecular weight is 267 g/mol. The molecule has 1 fully saturated rings. The van der Waals surface area contributed by atoms with E-state index in [1.54, 1.807) is 0 Å². The Kier molecular flexibility index (Phi) is 4.69. The number of thioether (sulfide) groups is 1. The number of anilines is 1. The highest BCUT2D eigenvalue weighted by molar-refractivity contribution is 7.99. The van der Waals surface area contributed by atoms with Gasteiger partial charge in [-0.1, -0.05) is 0 Å². The van der Waals surface area contributed by atoms with Gasteiger partial charge in [-0.25, -0.2) is 4.98 Å². The summed E-state index contributed by atoms with van der Waals surface area (Å²) in [6, 6.07) is 2.38. The molecule has 1 N–H and O–H groups in total. The lowest BCUT2D eigenvalue weighted by Gasteiger charge is -2.22. The minimum atomic E-state index is 0.137. The number of ether oxygens (including phenoxy) is 1. The van der Waals surface area contributed by atoms with Crippen LogP contribution in [0.15, 0.2) is 6.07 Å². The van der Waals surface area contributed by atoms with Crippen molar-refractivity contribution in [2.24, 2.45) is 0 Å². The van der Waals surface area contributed by atoms with Gasteiger partial charge in [0.2, 0.25) is 11.8 Å². The third kappa shape index (κ3) is 4.05. The van der Waals surface area contributed by atoms with E-state index in [1.807, 2.05) is 38.6 Å². The van der Waals surface area contributed by atoms with Crippen LogP contribution in [-0.4, -0.2) is 33.6 Å². The fourth-order valence-corrected chi connectivity index (χ4v) is 3.04. The lowest BCUT2D eigenvalue weighted by Crippen LogP contribution is -2.25. The number of rotatable bonds is 4. The monoisotopic (exact) mass is 267 g/mol. The predicted molar refractivity (Wildman–Crippen MR) is 76.5 cm³/mol. The zero-order chi connectivity index (χ0) is 13.0. The van der Waals surface area contributed by atoms with Crippen LogP contribution in [0.4, 0.5) is 5.95 Å². The van der Waals surface area contributed by atoms with Crippen molar-refractivity contribution < 1.29 is 4.74 Å². The highest BCUT2D eigenvalue weighted by Crippen LogP contribution is 2.21. The van der Waals surface area contributed by atoms with E-state index in [9.17, 15) is 0 Å². The molecule has 18 heavy (non-hydrogen) atoms. The minimum absolute atomic E-state index is 0.137. The van der Waals surface area contributed by atoms with Crippen molar-refractivity contribution in [3.05, 3.63) is 11.8 Å². The summed E-state index contributed by atoms with van der Waals surface area (Å²) >= 11 is 2.02. The van der Waals surface area contributed by atoms with Gasteiger partial charge in [0.25, 0.3) is 0 Å². The maximum absolute atomic E-state index is 5.63.